The molecule has 4 atom stereocenters. The number of hydrogen-bond donors (Lipinski definition) is 1. The molecular formula is C15H19NO4. The fraction of sp³-hybridized carbons (Fsp3) is 0.600. The number of fused-ring (bicyclic) bond motifs is 2. The van der Waals surface area contributed by atoms with Gasteiger partial charge in [0.15, 0.2) is 5.76 Å². The molecule has 0 aromatic carbocycles. The van der Waals surface area contributed by atoms with Crippen LogP contribution in [0.2, 0.25) is 0 Å². The van der Waals surface area contributed by atoms with Gasteiger partial charge in [-0.15, -0.1) is 0 Å². The fourth-order valence-corrected chi connectivity index (χ4v) is 3.75. The number of esters is 1. The van der Waals surface area contributed by atoms with E-state index in [2.05, 4.69) is 5.32 Å². The second-order valence-corrected chi connectivity index (χ2v) is 5.79. The summed E-state index contributed by atoms with van der Waals surface area (Å²) in [5.74, 6) is 1.06. The van der Waals surface area contributed by atoms with Crippen molar-refractivity contribution in [2.45, 2.75) is 32.2 Å². The smallest absolute Gasteiger partial charge is 0.311 e. The molecule has 1 aromatic heterocycles. The lowest BCUT2D eigenvalue weighted by Crippen LogP contribution is -2.47. The number of carbonyl (C=O) groups is 2. The van der Waals surface area contributed by atoms with Crippen molar-refractivity contribution in [3.05, 3.63) is 23.7 Å². The van der Waals surface area contributed by atoms with Gasteiger partial charge >= 0.3 is 5.97 Å². The van der Waals surface area contributed by atoms with Crippen LogP contribution in [-0.4, -0.2) is 25.0 Å². The Morgan fingerprint density at radius 1 is 1.30 bits per heavy atom. The van der Waals surface area contributed by atoms with Gasteiger partial charge in [-0.3, -0.25) is 9.59 Å². The first-order valence-corrected chi connectivity index (χ1v) is 7.05. The van der Waals surface area contributed by atoms with Gasteiger partial charge in [-0.25, -0.2) is 0 Å². The minimum Gasteiger partial charge on any atom is -0.469 e. The van der Waals surface area contributed by atoms with Crippen LogP contribution in [0.4, 0.5) is 0 Å². The van der Waals surface area contributed by atoms with Crippen LogP contribution in [0, 0.1) is 24.7 Å². The standard InChI is InChI=1S/C15H19NO4/c1-8-3-6-11(20-8)14(17)16-13-10-5-4-9(7-10)12(13)15(18)19-2/h3,6,9-10,12-13H,4-5,7H2,1-2H3,(H,16,17). The van der Waals surface area contributed by atoms with Gasteiger partial charge in [-0.1, -0.05) is 0 Å². The Morgan fingerprint density at radius 3 is 2.70 bits per heavy atom. The Kier molecular flexibility index (Phi) is 3.28. The third-order valence-electron chi connectivity index (χ3n) is 4.65. The molecule has 5 nitrogen and oxygen atoms in total. The molecule has 0 aliphatic heterocycles. The first-order chi connectivity index (χ1) is 9.60. The van der Waals surface area contributed by atoms with Gasteiger partial charge in [0.1, 0.15) is 5.76 Å². The molecule has 20 heavy (non-hydrogen) atoms. The number of methoxy groups -OCH3 is 1. The normalized spacial score (nSPS) is 31.3. The molecular weight excluding hydrogens is 258 g/mol. The number of carbonyl (C=O) groups excluding carboxylic acids is 2. The molecule has 0 spiro atoms. The Bertz CT molecular complexity index is 536. The zero-order chi connectivity index (χ0) is 14.3. The molecule has 2 bridgehead atoms. The van der Waals surface area contributed by atoms with Crippen molar-refractivity contribution in [2.24, 2.45) is 17.8 Å². The van der Waals surface area contributed by atoms with Gasteiger partial charge in [0.05, 0.1) is 13.0 Å². The van der Waals surface area contributed by atoms with Gasteiger partial charge < -0.3 is 14.5 Å². The Hall–Kier alpha value is -1.78. The number of ether oxygens (including phenoxy) is 1. The quantitative estimate of drug-likeness (QED) is 0.857. The lowest BCUT2D eigenvalue weighted by atomic mass is 9.84. The van der Waals surface area contributed by atoms with E-state index in [9.17, 15) is 9.59 Å². The van der Waals surface area contributed by atoms with Crippen molar-refractivity contribution in [3.8, 4) is 0 Å². The molecule has 2 aliphatic carbocycles. The minimum atomic E-state index is -0.246. The van der Waals surface area contributed by atoms with E-state index in [1.807, 2.05) is 0 Å². The highest BCUT2D eigenvalue weighted by atomic mass is 16.5. The number of rotatable bonds is 3. The van der Waals surface area contributed by atoms with Gasteiger partial charge in [0, 0.05) is 6.04 Å². The van der Waals surface area contributed by atoms with E-state index in [1.54, 1.807) is 19.1 Å². The van der Waals surface area contributed by atoms with Crippen LogP contribution in [0.1, 0.15) is 35.6 Å². The van der Waals surface area contributed by atoms with Crippen LogP contribution < -0.4 is 5.32 Å². The fourth-order valence-electron chi connectivity index (χ4n) is 3.75. The van der Waals surface area contributed by atoms with Crippen LogP contribution in [-0.2, 0) is 9.53 Å². The van der Waals surface area contributed by atoms with Gasteiger partial charge in [-0.05, 0) is 50.2 Å². The molecule has 2 aliphatic rings. The molecule has 1 amide bonds. The summed E-state index contributed by atoms with van der Waals surface area (Å²) < 4.78 is 10.2. The summed E-state index contributed by atoms with van der Waals surface area (Å²) in [6.45, 7) is 1.80. The first-order valence-electron chi connectivity index (χ1n) is 7.05. The summed E-state index contributed by atoms with van der Waals surface area (Å²) >= 11 is 0. The molecule has 3 rings (SSSR count). The maximum absolute atomic E-state index is 12.2. The molecule has 2 fully saturated rings. The van der Waals surface area contributed by atoms with Gasteiger partial charge in [0.2, 0.25) is 0 Å². The van der Waals surface area contributed by atoms with Crippen molar-refractivity contribution in [3.63, 3.8) is 0 Å². The summed E-state index contributed by atoms with van der Waals surface area (Å²) in [6, 6.07) is 3.29. The molecule has 5 heteroatoms. The Balaban J connectivity index is 1.75. The molecule has 2 saturated carbocycles. The lowest BCUT2D eigenvalue weighted by molar-refractivity contribution is -0.148. The summed E-state index contributed by atoms with van der Waals surface area (Å²) in [6.07, 6.45) is 3.12. The highest BCUT2D eigenvalue weighted by molar-refractivity contribution is 5.92. The van der Waals surface area contributed by atoms with E-state index in [-0.39, 0.29) is 23.8 Å². The highest BCUT2D eigenvalue weighted by Crippen LogP contribution is 2.49. The van der Waals surface area contributed by atoms with E-state index >= 15 is 0 Å². The van der Waals surface area contributed by atoms with E-state index in [0.29, 0.717) is 23.4 Å². The largest absolute Gasteiger partial charge is 0.469 e. The molecule has 0 radical (unpaired) electrons. The van der Waals surface area contributed by atoms with Crippen LogP contribution >= 0.6 is 0 Å². The van der Waals surface area contributed by atoms with E-state index in [4.69, 9.17) is 9.15 Å². The third-order valence-corrected chi connectivity index (χ3v) is 4.65. The first kappa shape index (κ1) is 13.2. The summed E-state index contributed by atoms with van der Waals surface area (Å²) in [5.41, 5.74) is 0. The van der Waals surface area contributed by atoms with Crippen molar-refractivity contribution >= 4 is 11.9 Å². The molecule has 0 saturated heterocycles. The maximum Gasteiger partial charge on any atom is 0.311 e. The molecule has 108 valence electrons. The van der Waals surface area contributed by atoms with Crippen LogP contribution in [0.3, 0.4) is 0 Å². The average molecular weight is 277 g/mol. The topological polar surface area (TPSA) is 68.5 Å². The monoisotopic (exact) mass is 277 g/mol. The van der Waals surface area contributed by atoms with E-state index < -0.39 is 0 Å². The van der Waals surface area contributed by atoms with Crippen molar-refractivity contribution in [1.29, 1.82) is 0 Å². The lowest BCUT2D eigenvalue weighted by Gasteiger charge is -2.29. The summed E-state index contributed by atoms with van der Waals surface area (Å²) in [4.78, 5) is 24.1. The minimum absolute atomic E-state index is 0.126. The Labute approximate surface area is 117 Å². The third kappa shape index (κ3) is 2.11. The summed E-state index contributed by atoms with van der Waals surface area (Å²) in [7, 11) is 1.41. The maximum atomic E-state index is 12.2. The average Bonchev–Trinajstić information content (AvgIpc) is 3.13. The number of hydrogen-bond acceptors (Lipinski definition) is 4. The number of aryl methyl sites for hydroxylation is 1. The van der Waals surface area contributed by atoms with Crippen LogP contribution in [0.15, 0.2) is 16.5 Å². The predicted octanol–water partition coefficient (Wildman–Crippen LogP) is 1.91. The number of nitrogens with one attached hydrogen (secondary N) is 1. The van der Waals surface area contributed by atoms with Crippen molar-refractivity contribution in [2.75, 3.05) is 7.11 Å². The van der Waals surface area contributed by atoms with Crippen LogP contribution in [0.25, 0.3) is 0 Å². The zero-order valence-electron chi connectivity index (χ0n) is 11.7. The predicted molar refractivity (Wildman–Crippen MR) is 71.0 cm³/mol. The molecule has 1 N–H and O–H groups in total. The Morgan fingerprint density at radius 2 is 2.05 bits per heavy atom. The van der Waals surface area contributed by atoms with Gasteiger partial charge in [0.25, 0.3) is 5.91 Å². The summed E-state index contributed by atoms with van der Waals surface area (Å²) in [5, 5.41) is 2.97. The highest BCUT2D eigenvalue weighted by Gasteiger charge is 2.52. The number of furan rings is 1. The zero-order valence-corrected chi connectivity index (χ0v) is 11.7. The molecule has 1 aromatic rings. The van der Waals surface area contributed by atoms with E-state index in [0.717, 1.165) is 19.3 Å². The molecule has 1 heterocycles. The second-order valence-electron chi connectivity index (χ2n) is 5.79. The number of amides is 1. The molecule has 4 unspecified atom stereocenters. The van der Waals surface area contributed by atoms with Crippen molar-refractivity contribution < 1.29 is 18.7 Å². The second kappa shape index (κ2) is 4.96. The van der Waals surface area contributed by atoms with E-state index in [1.165, 1.54) is 7.11 Å². The van der Waals surface area contributed by atoms with Crippen LogP contribution in [0.5, 0.6) is 0 Å². The van der Waals surface area contributed by atoms with Crippen molar-refractivity contribution in [1.82, 2.24) is 5.32 Å². The van der Waals surface area contributed by atoms with Gasteiger partial charge in [-0.2, -0.15) is 0 Å². The SMILES string of the molecule is COC(=O)C1C2CCC(C2)C1NC(=O)c1ccc(C)o1.